The number of rotatable bonds is 45. The number of esters is 3. The molecule has 0 heterocycles. The van der Waals surface area contributed by atoms with Crippen LogP contribution >= 0.6 is 0 Å². The van der Waals surface area contributed by atoms with Crippen molar-refractivity contribution in [1.82, 2.24) is 0 Å². The van der Waals surface area contributed by atoms with Crippen LogP contribution in [-0.4, -0.2) is 37.2 Å². The topological polar surface area (TPSA) is 78.9 Å². The van der Waals surface area contributed by atoms with Crippen molar-refractivity contribution in [3.63, 3.8) is 0 Å². The lowest BCUT2D eigenvalue weighted by Gasteiger charge is -2.18. The summed E-state index contributed by atoms with van der Waals surface area (Å²) >= 11 is 0. The monoisotopic (exact) mass is 791 g/mol. The van der Waals surface area contributed by atoms with E-state index >= 15 is 0 Å². The highest BCUT2D eigenvalue weighted by Gasteiger charge is 2.19. The maximum Gasteiger partial charge on any atom is 0.306 e. The van der Waals surface area contributed by atoms with Crippen LogP contribution < -0.4 is 0 Å². The van der Waals surface area contributed by atoms with E-state index in [9.17, 15) is 14.4 Å². The summed E-state index contributed by atoms with van der Waals surface area (Å²) in [7, 11) is 0. The van der Waals surface area contributed by atoms with Crippen molar-refractivity contribution >= 4 is 17.9 Å². The Kier molecular flexibility index (Phi) is 44.3. The number of ether oxygens (including phenoxy) is 3. The third kappa shape index (κ3) is 43.3. The zero-order chi connectivity index (χ0) is 40.8. The quantitative estimate of drug-likeness (QED) is 0.0264. The van der Waals surface area contributed by atoms with Gasteiger partial charge < -0.3 is 14.2 Å². The first-order valence-corrected chi connectivity index (χ1v) is 24.7. The summed E-state index contributed by atoms with van der Waals surface area (Å²) in [5.74, 6) is -0.900. The van der Waals surface area contributed by atoms with Crippen LogP contribution in [0.4, 0.5) is 0 Å². The van der Waals surface area contributed by atoms with Gasteiger partial charge in [0.1, 0.15) is 13.2 Å². The molecule has 0 aliphatic heterocycles. The summed E-state index contributed by atoms with van der Waals surface area (Å²) < 4.78 is 16.7. The highest BCUT2D eigenvalue weighted by Crippen LogP contribution is 2.16. The molecule has 0 aromatic carbocycles. The minimum atomic E-state index is -0.772. The summed E-state index contributed by atoms with van der Waals surface area (Å²) in [6.07, 6.45) is 49.3. The van der Waals surface area contributed by atoms with Crippen molar-refractivity contribution in [2.75, 3.05) is 13.2 Å². The zero-order valence-corrected chi connectivity index (χ0v) is 37.7. The molecule has 1 unspecified atom stereocenters. The molecule has 0 radical (unpaired) electrons. The average Bonchev–Trinajstić information content (AvgIpc) is 3.19. The molecule has 0 aromatic rings. The first kappa shape index (κ1) is 54.2. The molecule has 0 rings (SSSR count). The van der Waals surface area contributed by atoms with Crippen LogP contribution in [0.15, 0.2) is 12.2 Å². The minimum absolute atomic E-state index is 0.0736. The number of carbonyl (C=O) groups excluding carboxylic acids is 3. The second-order valence-corrected chi connectivity index (χ2v) is 16.7. The lowest BCUT2D eigenvalue weighted by atomic mass is 10.0. The van der Waals surface area contributed by atoms with Gasteiger partial charge in [-0.2, -0.15) is 0 Å². The fourth-order valence-corrected chi connectivity index (χ4v) is 7.27. The molecule has 0 amide bonds. The Hall–Kier alpha value is -1.85. The van der Waals surface area contributed by atoms with Gasteiger partial charge in [0.2, 0.25) is 0 Å². The molecule has 0 saturated carbocycles. The van der Waals surface area contributed by atoms with E-state index in [4.69, 9.17) is 14.2 Å². The summed E-state index contributed by atoms with van der Waals surface area (Å²) in [4.78, 5) is 37.7. The number of allylic oxidation sites excluding steroid dienone is 2. The first-order valence-electron chi connectivity index (χ1n) is 24.7. The Morgan fingerprint density at radius 1 is 0.339 bits per heavy atom. The van der Waals surface area contributed by atoms with Crippen molar-refractivity contribution in [3.8, 4) is 0 Å². The Bertz CT molecular complexity index is 870. The van der Waals surface area contributed by atoms with Crippen LogP contribution in [-0.2, 0) is 28.6 Å². The Morgan fingerprint density at radius 3 is 0.964 bits per heavy atom. The third-order valence-corrected chi connectivity index (χ3v) is 11.0. The van der Waals surface area contributed by atoms with Gasteiger partial charge in [0.15, 0.2) is 6.10 Å². The number of hydrogen-bond donors (Lipinski definition) is 0. The van der Waals surface area contributed by atoms with E-state index in [2.05, 4.69) is 32.9 Å². The standard InChI is InChI=1S/C50H94O6/c1-4-7-10-13-16-19-21-22-23-24-25-26-27-28-29-32-34-37-40-43-49(52)55-46-47(45-54-48(51)42-39-36-33-30-18-15-12-9-6-3)56-50(53)44-41-38-35-31-20-17-14-11-8-5-2/h30,33,47H,4-29,31-32,34-46H2,1-3H3/b33-30-. The minimum Gasteiger partial charge on any atom is -0.462 e. The van der Waals surface area contributed by atoms with E-state index in [1.54, 1.807) is 0 Å². The van der Waals surface area contributed by atoms with Gasteiger partial charge in [-0.25, -0.2) is 0 Å². The van der Waals surface area contributed by atoms with Crippen LogP contribution in [0.1, 0.15) is 271 Å². The predicted molar refractivity (Wildman–Crippen MR) is 238 cm³/mol. The van der Waals surface area contributed by atoms with Crippen LogP contribution in [0, 0.1) is 0 Å². The molecule has 0 aliphatic carbocycles. The predicted octanol–water partition coefficient (Wildman–Crippen LogP) is 15.8. The molecule has 0 fully saturated rings. The molecule has 6 nitrogen and oxygen atoms in total. The van der Waals surface area contributed by atoms with Crippen molar-refractivity contribution < 1.29 is 28.6 Å². The van der Waals surface area contributed by atoms with Crippen LogP contribution in [0.5, 0.6) is 0 Å². The molecule has 0 spiro atoms. The smallest absolute Gasteiger partial charge is 0.306 e. The normalized spacial score (nSPS) is 12.0. The fourth-order valence-electron chi connectivity index (χ4n) is 7.27. The van der Waals surface area contributed by atoms with E-state index in [1.807, 2.05) is 0 Å². The molecule has 0 saturated heterocycles. The zero-order valence-electron chi connectivity index (χ0n) is 37.7. The molecule has 0 bridgehead atoms. The van der Waals surface area contributed by atoms with Gasteiger partial charge >= 0.3 is 17.9 Å². The lowest BCUT2D eigenvalue weighted by Crippen LogP contribution is -2.30. The molecule has 0 aromatic heterocycles. The molecular formula is C50H94O6. The van der Waals surface area contributed by atoms with Crippen LogP contribution in [0.3, 0.4) is 0 Å². The van der Waals surface area contributed by atoms with Crippen molar-refractivity contribution in [2.24, 2.45) is 0 Å². The van der Waals surface area contributed by atoms with Gasteiger partial charge in [-0.15, -0.1) is 0 Å². The average molecular weight is 791 g/mol. The molecule has 1 atom stereocenters. The van der Waals surface area contributed by atoms with Gasteiger partial charge in [0, 0.05) is 19.3 Å². The third-order valence-electron chi connectivity index (χ3n) is 11.0. The summed E-state index contributed by atoms with van der Waals surface area (Å²) in [6.45, 7) is 6.59. The SMILES string of the molecule is CCCCCC/C=C\CCCC(=O)OCC(COC(=O)CCCCCCCCCCCCCCCCCCCCC)OC(=O)CCCCCCCCCCCC. The molecule has 330 valence electrons. The highest BCUT2D eigenvalue weighted by atomic mass is 16.6. The van der Waals surface area contributed by atoms with Gasteiger partial charge in [-0.05, 0) is 38.5 Å². The molecule has 0 aliphatic rings. The summed E-state index contributed by atoms with van der Waals surface area (Å²) in [5, 5.41) is 0. The van der Waals surface area contributed by atoms with Gasteiger partial charge in [-0.3, -0.25) is 14.4 Å². The van der Waals surface area contributed by atoms with E-state index in [1.165, 1.54) is 173 Å². The summed E-state index contributed by atoms with van der Waals surface area (Å²) in [6, 6.07) is 0. The van der Waals surface area contributed by atoms with E-state index < -0.39 is 6.10 Å². The van der Waals surface area contributed by atoms with Gasteiger partial charge in [-0.1, -0.05) is 226 Å². The fraction of sp³-hybridized carbons (Fsp3) is 0.900. The van der Waals surface area contributed by atoms with E-state index in [-0.39, 0.29) is 31.1 Å². The largest absolute Gasteiger partial charge is 0.462 e. The lowest BCUT2D eigenvalue weighted by molar-refractivity contribution is -0.167. The molecule has 6 heteroatoms. The van der Waals surface area contributed by atoms with Crippen molar-refractivity contribution in [3.05, 3.63) is 12.2 Å². The van der Waals surface area contributed by atoms with E-state index in [0.29, 0.717) is 19.3 Å². The summed E-state index contributed by atoms with van der Waals surface area (Å²) in [5.41, 5.74) is 0. The van der Waals surface area contributed by atoms with Crippen molar-refractivity contribution in [1.29, 1.82) is 0 Å². The molecular weight excluding hydrogens is 697 g/mol. The Morgan fingerprint density at radius 2 is 0.607 bits per heavy atom. The van der Waals surface area contributed by atoms with Gasteiger partial charge in [0.25, 0.3) is 0 Å². The number of unbranched alkanes of at least 4 members (excludes halogenated alkanes) is 32. The van der Waals surface area contributed by atoms with Crippen LogP contribution in [0.2, 0.25) is 0 Å². The van der Waals surface area contributed by atoms with Crippen LogP contribution in [0.25, 0.3) is 0 Å². The van der Waals surface area contributed by atoms with Crippen molar-refractivity contribution in [2.45, 2.75) is 277 Å². The number of hydrogen-bond acceptors (Lipinski definition) is 6. The maximum absolute atomic E-state index is 12.7. The Labute approximate surface area is 348 Å². The maximum atomic E-state index is 12.7. The number of carbonyl (C=O) groups is 3. The van der Waals surface area contributed by atoms with Gasteiger partial charge in [0.05, 0.1) is 0 Å². The van der Waals surface area contributed by atoms with E-state index in [0.717, 1.165) is 57.8 Å². The molecule has 56 heavy (non-hydrogen) atoms. The highest BCUT2D eigenvalue weighted by molar-refractivity contribution is 5.71. The second-order valence-electron chi connectivity index (χ2n) is 16.7. The molecule has 0 N–H and O–H groups in total. The Balaban J connectivity index is 4.21. The first-order chi connectivity index (χ1) is 27.5. The second kappa shape index (κ2) is 45.8.